The van der Waals surface area contributed by atoms with Crippen molar-refractivity contribution in [3.8, 4) is 0 Å². The van der Waals surface area contributed by atoms with Gasteiger partial charge in [0.2, 0.25) is 0 Å². The number of benzene rings is 1. The van der Waals surface area contributed by atoms with Crippen molar-refractivity contribution in [2.75, 3.05) is 0 Å². The van der Waals surface area contributed by atoms with Gasteiger partial charge < -0.3 is 0 Å². The van der Waals surface area contributed by atoms with Crippen LogP contribution in [0.25, 0.3) is 12.2 Å². The van der Waals surface area contributed by atoms with Crippen LogP contribution in [0.4, 0.5) is 0 Å². The molecule has 0 N–H and O–H groups in total. The SMILES string of the molecule is CC1=CC(C)C=c2cc(C)ccc2=C1. The van der Waals surface area contributed by atoms with Gasteiger partial charge in [-0.3, -0.25) is 0 Å². The van der Waals surface area contributed by atoms with Crippen molar-refractivity contribution < 1.29 is 0 Å². The Labute approximate surface area is 85.3 Å². The second-order valence-electron chi connectivity index (χ2n) is 4.21. The van der Waals surface area contributed by atoms with E-state index in [2.05, 4.69) is 57.2 Å². The second kappa shape index (κ2) is 3.45. The lowest BCUT2D eigenvalue weighted by Gasteiger charge is -1.96. The molecule has 1 aliphatic rings. The lowest BCUT2D eigenvalue weighted by Crippen LogP contribution is -2.24. The van der Waals surface area contributed by atoms with Crippen molar-refractivity contribution in [3.05, 3.63) is 45.8 Å². The molecule has 0 amide bonds. The number of rotatable bonds is 0. The van der Waals surface area contributed by atoms with E-state index in [0.29, 0.717) is 5.92 Å². The van der Waals surface area contributed by atoms with Crippen molar-refractivity contribution in [3.63, 3.8) is 0 Å². The standard InChI is InChI=1S/C14H16/c1-10-4-5-13-8-11(2)6-12(3)9-14(13)7-10/h4-9,12H,1-3H3. The molecule has 0 saturated heterocycles. The second-order valence-corrected chi connectivity index (χ2v) is 4.21. The third kappa shape index (κ3) is 1.79. The van der Waals surface area contributed by atoms with Crippen LogP contribution in [-0.4, -0.2) is 0 Å². The van der Waals surface area contributed by atoms with Crippen molar-refractivity contribution in [2.45, 2.75) is 20.8 Å². The minimum absolute atomic E-state index is 0.536. The Morgan fingerprint density at radius 1 is 1.00 bits per heavy atom. The molecule has 0 radical (unpaired) electrons. The highest BCUT2D eigenvalue weighted by molar-refractivity contribution is 5.51. The maximum absolute atomic E-state index is 2.33. The molecule has 0 bridgehead atoms. The van der Waals surface area contributed by atoms with Gasteiger partial charge in [0.15, 0.2) is 0 Å². The minimum Gasteiger partial charge on any atom is -0.0749 e. The smallest absolute Gasteiger partial charge is 0.00670 e. The Bertz CT molecular complexity index is 489. The van der Waals surface area contributed by atoms with Gasteiger partial charge in [-0.1, -0.05) is 54.5 Å². The molecule has 0 heterocycles. The summed E-state index contributed by atoms with van der Waals surface area (Å²) in [4.78, 5) is 0. The molecular weight excluding hydrogens is 168 g/mol. The summed E-state index contributed by atoms with van der Waals surface area (Å²) >= 11 is 0. The zero-order chi connectivity index (χ0) is 10.1. The first-order valence-corrected chi connectivity index (χ1v) is 5.14. The van der Waals surface area contributed by atoms with E-state index < -0.39 is 0 Å². The molecule has 1 unspecified atom stereocenters. The van der Waals surface area contributed by atoms with Crippen molar-refractivity contribution in [1.29, 1.82) is 0 Å². The first-order valence-electron chi connectivity index (χ1n) is 5.14. The third-order valence-electron chi connectivity index (χ3n) is 2.59. The largest absolute Gasteiger partial charge is 0.0749 e. The Kier molecular flexibility index (Phi) is 2.28. The number of hydrogen-bond acceptors (Lipinski definition) is 0. The van der Waals surface area contributed by atoms with Gasteiger partial charge in [0.05, 0.1) is 0 Å². The van der Waals surface area contributed by atoms with Gasteiger partial charge in [-0.2, -0.15) is 0 Å². The van der Waals surface area contributed by atoms with Gasteiger partial charge in [-0.25, -0.2) is 0 Å². The third-order valence-corrected chi connectivity index (χ3v) is 2.59. The molecule has 1 aromatic carbocycles. The molecule has 0 aliphatic heterocycles. The predicted octanol–water partition coefficient (Wildman–Crippen LogP) is 2.15. The number of allylic oxidation sites excluding steroid dienone is 2. The molecule has 72 valence electrons. The van der Waals surface area contributed by atoms with Crippen LogP contribution in [0.3, 0.4) is 0 Å². The quantitative estimate of drug-likeness (QED) is 0.579. The number of fused-ring (bicyclic) bond motifs is 1. The molecule has 0 aromatic heterocycles. The lowest BCUT2D eigenvalue weighted by molar-refractivity contribution is 0.988. The lowest BCUT2D eigenvalue weighted by atomic mass is 10.1. The maximum Gasteiger partial charge on any atom is -0.00670 e. The average Bonchev–Trinajstić information content (AvgIpc) is 2.21. The van der Waals surface area contributed by atoms with E-state index in [0.717, 1.165) is 0 Å². The van der Waals surface area contributed by atoms with Crippen LogP contribution in [0.15, 0.2) is 29.8 Å². The van der Waals surface area contributed by atoms with Crippen molar-refractivity contribution in [1.82, 2.24) is 0 Å². The molecule has 0 fully saturated rings. The summed E-state index contributed by atoms with van der Waals surface area (Å²) in [5.74, 6) is 0.536. The van der Waals surface area contributed by atoms with E-state index in [1.807, 2.05) is 0 Å². The summed E-state index contributed by atoms with van der Waals surface area (Å²) in [6.07, 6.45) is 6.89. The van der Waals surface area contributed by atoms with Crippen LogP contribution >= 0.6 is 0 Å². The molecule has 0 saturated carbocycles. The molecule has 1 aliphatic carbocycles. The first-order chi connectivity index (χ1) is 6.65. The minimum atomic E-state index is 0.536. The maximum atomic E-state index is 2.33. The summed E-state index contributed by atoms with van der Waals surface area (Å²) in [5.41, 5.74) is 2.69. The Morgan fingerprint density at radius 3 is 2.57 bits per heavy atom. The number of aryl methyl sites for hydroxylation is 1. The van der Waals surface area contributed by atoms with Gasteiger partial charge in [0.25, 0.3) is 0 Å². The van der Waals surface area contributed by atoms with Gasteiger partial charge in [-0.05, 0) is 30.2 Å². The Morgan fingerprint density at radius 2 is 1.79 bits per heavy atom. The van der Waals surface area contributed by atoms with Crippen LogP contribution in [0.2, 0.25) is 0 Å². The fourth-order valence-electron chi connectivity index (χ4n) is 2.01. The number of hydrogen-bond donors (Lipinski definition) is 0. The van der Waals surface area contributed by atoms with Gasteiger partial charge in [-0.15, -0.1) is 0 Å². The molecule has 0 spiro atoms. The molecule has 2 rings (SSSR count). The Hall–Kier alpha value is -1.30. The van der Waals surface area contributed by atoms with Crippen LogP contribution in [0.5, 0.6) is 0 Å². The summed E-state index contributed by atoms with van der Waals surface area (Å²) in [5, 5.41) is 2.71. The summed E-state index contributed by atoms with van der Waals surface area (Å²) in [7, 11) is 0. The monoisotopic (exact) mass is 184 g/mol. The summed E-state index contributed by atoms with van der Waals surface area (Å²) < 4.78 is 0. The van der Waals surface area contributed by atoms with E-state index in [1.165, 1.54) is 21.6 Å². The fourth-order valence-corrected chi connectivity index (χ4v) is 2.01. The molecule has 1 atom stereocenters. The summed E-state index contributed by atoms with van der Waals surface area (Å²) in [6.45, 7) is 6.54. The zero-order valence-electron chi connectivity index (χ0n) is 9.04. The highest BCUT2D eigenvalue weighted by atomic mass is 14.0. The molecule has 0 nitrogen and oxygen atoms in total. The van der Waals surface area contributed by atoms with Gasteiger partial charge in [0, 0.05) is 0 Å². The van der Waals surface area contributed by atoms with E-state index >= 15 is 0 Å². The van der Waals surface area contributed by atoms with Crippen LogP contribution in [0, 0.1) is 12.8 Å². The Balaban J connectivity index is 2.76. The van der Waals surface area contributed by atoms with E-state index in [4.69, 9.17) is 0 Å². The van der Waals surface area contributed by atoms with Gasteiger partial charge in [0.1, 0.15) is 0 Å². The fraction of sp³-hybridized carbons (Fsp3) is 0.286. The van der Waals surface area contributed by atoms with Crippen LogP contribution < -0.4 is 10.4 Å². The van der Waals surface area contributed by atoms with E-state index in [9.17, 15) is 0 Å². The highest BCUT2D eigenvalue weighted by Gasteiger charge is 1.98. The van der Waals surface area contributed by atoms with E-state index in [1.54, 1.807) is 0 Å². The molecular formula is C14H16. The zero-order valence-corrected chi connectivity index (χ0v) is 9.04. The molecule has 0 heteroatoms. The molecule has 14 heavy (non-hydrogen) atoms. The molecule has 1 aromatic rings. The normalized spacial score (nSPS) is 19.9. The van der Waals surface area contributed by atoms with Crippen molar-refractivity contribution in [2.24, 2.45) is 5.92 Å². The van der Waals surface area contributed by atoms with Crippen LogP contribution in [0.1, 0.15) is 19.4 Å². The topological polar surface area (TPSA) is 0 Å². The average molecular weight is 184 g/mol. The van der Waals surface area contributed by atoms with Gasteiger partial charge >= 0.3 is 0 Å². The van der Waals surface area contributed by atoms with E-state index in [-0.39, 0.29) is 0 Å². The summed E-state index contributed by atoms with van der Waals surface area (Å²) in [6, 6.07) is 6.64. The first kappa shape index (κ1) is 9.26. The highest BCUT2D eigenvalue weighted by Crippen LogP contribution is 2.07. The predicted molar refractivity (Wildman–Crippen MR) is 62.3 cm³/mol. The van der Waals surface area contributed by atoms with Crippen LogP contribution in [-0.2, 0) is 0 Å². The van der Waals surface area contributed by atoms with Crippen molar-refractivity contribution >= 4 is 12.2 Å².